The van der Waals surface area contributed by atoms with Crippen molar-refractivity contribution in [3.8, 4) is 10.8 Å². The molecular formula is C38H46ClN5O9S. The number of ether oxygens (including phenoxy) is 6. The monoisotopic (exact) mass is 783 g/mol. The zero-order chi connectivity index (χ0) is 38.3. The summed E-state index contributed by atoms with van der Waals surface area (Å²) in [5.74, 6) is 0.836. The SMILES string of the molecule is Cc1sc2c(c1C)C(c1ccc(Cl)cc1)=NC(CC(=O)Nc1cccc(OCCOCCOCCOCCOCCOCCC(=O)O)c1)c1nnc(C)n1-2. The molecule has 1 amide bonds. The van der Waals surface area contributed by atoms with Crippen LogP contribution in [-0.2, 0) is 33.3 Å². The Balaban J connectivity index is 1.03. The molecule has 3 heterocycles. The summed E-state index contributed by atoms with van der Waals surface area (Å²) in [5, 5.41) is 22.0. The number of aliphatic carboxylic acids is 1. The molecule has 1 aliphatic heterocycles. The first-order valence-electron chi connectivity index (χ1n) is 17.7. The zero-order valence-electron chi connectivity index (χ0n) is 30.7. The summed E-state index contributed by atoms with van der Waals surface area (Å²) in [6, 6.07) is 14.2. The van der Waals surface area contributed by atoms with E-state index in [1.807, 2.05) is 54.0 Å². The third-order valence-electron chi connectivity index (χ3n) is 8.30. The third kappa shape index (κ3) is 11.9. The Kier molecular flexibility index (Phi) is 15.9. The van der Waals surface area contributed by atoms with E-state index in [4.69, 9.17) is 50.1 Å². The smallest absolute Gasteiger partial charge is 0.305 e. The molecule has 1 atom stereocenters. The van der Waals surface area contributed by atoms with E-state index in [1.54, 1.807) is 17.4 Å². The van der Waals surface area contributed by atoms with Crippen LogP contribution in [0.15, 0.2) is 53.5 Å². The van der Waals surface area contributed by atoms with Crippen molar-refractivity contribution in [3.63, 3.8) is 0 Å². The highest BCUT2D eigenvalue weighted by molar-refractivity contribution is 7.15. The minimum absolute atomic E-state index is 0.0170. The summed E-state index contributed by atoms with van der Waals surface area (Å²) in [5.41, 5.74) is 4.43. The molecule has 1 aliphatic rings. The fourth-order valence-corrected chi connectivity index (χ4v) is 6.88. The number of aliphatic imine (C=N–C) groups is 1. The quantitative estimate of drug-likeness (QED) is 0.0879. The Bertz CT molecular complexity index is 1860. The largest absolute Gasteiger partial charge is 0.491 e. The van der Waals surface area contributed by atoms with Crippen LogP contribution in [0.25, 0.3) is 5.00 Å². The van der Waals surface area contributed by atoms with E-state index in [9.17, 15) is 9.59 Å². The topological polar surface area (TPSA) is 165 Å². The van der Waals surface area contributed by atoms with Crippen LogP contribution in [-0.4, -0.2) is 110 Å². The maximum absolute atomic E-state index is 13.5. The molecule has 0 spiro atoms. The predicted molar refractivity (Wildman–Crippen MR) is 205 cm³/mol. The average Bonchev–Trinajstić information content (AvgIpc) is 3.63. The number of fused-ring (bicyclic) bond motifs is 3. The minimum atomic E-state index is -0.885. The second-order valence-corrected chi connectivity index (χ2v) is 13.9. The molecule has 0 aliphatic carbocycles. The van der Waals surface area contributed by atoms with Crippen molar-refractivity contribution in [1.29, 1.82) is 0 Å². The van der Waals surface area contributed by atoms with Crippen molar-refractivity contribution in [2.75, 3.05) is 78.0 Å². The van der Waals surface area contributed by atoms with Gasteiger partial charge in [-0.2, -0.15) is 0 Å². The number of rotatable bonds is 23. The number of halogens is 1. The van der Waals surface area contributed by atoms with Crippen LogP contribution in [0.5, 0.6) is 5.75 Å². The van der Waals surface area contributed by atoms with Gasteiger partial charge in [-0.25, -0.2) is 0 Å². The molecule has 2 N–H and O–H groups in total. The summed E-state index contributed by atoms with van der Waals surface area (Å²) in [7, 11) is 0. The molecule has 54 heavy (non-hydrogen) atoms. The molecule has 4 aromatic rings. The number of nitrogens with one attached hydrogen (secondary N) is 1. The number of carbonyl (C=O) groups is 2. The van der Waals surface area contributed by atoms with Crippen molar-refractivity contribution in [1.82, 2.24) is 14.8 Å². The van der Waals surface area contributed by atoms with E-state index >= 15 is 0 Å². The number of thiophene rings is 1. The third-order valence-corrected chi connectivity index (χ3v) is 9.74. The zero-order valence-corrected chi connectivity index (χ0v) is 32.2. The molecule has 0 fully saturated rings. The molecule has 0 saturated heterocycles. The van der Waals surface area contributed by atoms with Gasteiger partial charge < -0.3 is 38.8 Å². The fourth-order valence-electron chi connectivity index (χ4n) is 5.54. The molecule has 2 aromatic heterocycles. The lowest BCUT2D eigenvalue weighted by molar-refractivity contribution is -0.138. The molecule has 0 bridgehead atoms. The van der Waals surface area contributed by atoms with E-state index < -0.39 is 12.0 Å². The normalized spacial score (nSPS) is 13.6. The van der Waals surface area contributed by atoms with Gasteiger partial charge >= 0.3 is 5.97 Å². The van der Waals surface area contributed by atoms with Crippen molar-refractivity contribution >= 4 is 46.2 Å². The van der Waals surface area contributed by atoms with Crippen LogP contribution in [0.3, 0.4) is 0 Å². The maximum atomic E-state index is 13.5. The first kappa shape index (κ1) is 41.0. The highest BCUT2D eigenvalue weighted by Gasteiger charge is 2.32. The Labute approximate surface area is 323 Å². The first-order chi connectivity index (χ1) is 26.2. The summed E-state index contributed by atoms with van der Waals surface area (Å²) < 4.78 is 35.0. The van der Waals surface area contributed by atoms with Gasteiger partial charge in [0.05, 0.1) is 84.6 Å². The number of hydrogen-bond donors (Lipinski definition) is 2. The van der Waals surface area contributed by atoms with E-state index in [1.165, 1.54) is 4.88 Å². The Hall–Kier alpha value is -4.22. The average molecular weight is 784 g/mol. The van der Waals surface area contributed by atoms with Gasteiger partial charge in [-0.3, -0.25) is 19.1 Å². The van der Waals surface area contributed by atoms with Gasteiger partial charge in [0.2, 0.25) is 5.91 Å². The van der Waals surface area contributed by atoms with Gasteiger partial charge in [-0.1, -0.05) is 29.8 Å². The van der Waals surface area contributed by atoms with Crippen molar-refractivity contribution in [3.05, 3.63) is 86.8 Å². The van der Waals surface area contributed by atoms with Crippen molar-refractivity contribution in [2.24, 2.45) is 4.99 Å². The van der Waals surface area contributed by atoms with E-state index in [-0.39, 0.29) is 25.4 Å². The number of aromatic nitrogens is 3. The van der Waals surface area contributed by atoms with Gasteiger partial charge in [-0.15, -0.1) is 21.5 Å². The fraction of sp³-hybridized carbons (Fsp3) is 0.447. The number of benzene rings is 2. The van der Waals surface area contributed by atoms with Gasteiger partial charge in [-0.05, 0) is 50.6 Å². The van der Waals surface area contributed by atoms with Crippen LogP contribution in [0.4, 0.5) is 5.69 Å². The number of nitrogens with zero attached hydrogens (tertiary/aromatic N) is 4. The van der Waals surface area contributed by atoms with E-state index in [0.717, 1.165) is 33.2 Å². The van der Waals surface area contributed by atoms with Gasteiger partial charge in [0, 0.05) is 32.8 Å². The lowest BCUT2D eigenvalue weighted by atomic mass is 9.99. The minimum Gasteiger partial charge on any atom is -0.491 e. The number of hydrogen-bond acceptors (Lipinski definition) is 12. The second kappa shape index (κ2) is 21.0. The molecule has 1 unspecified atom stereocenters. The summed E-state index contributed by atoms with van der Waals surface area (Å²) in [6.07, 6.45) is 0.0369. The van der Waals surface area contributed by atoms with Crippen LogP contribution >= 0.6 is 22.9 Å². The molecule has 0 radical (unpaired) electrons. The van der Waals surface area contributed by atoms with Crippen LogP contribution in [0.1, 0.15) is 52.1 Å². The number of carbonyl (C=O) groups excluding carboxylic acids is 1. The molecule has 14 nitrogen and oxygen atoms in total. The van der Waals surface area contributed by atoms with Crippen molar-refractivity contribution in [2.45, 2.75) is 39.7 Å². The molecule has 5 rings (SSSR count). The summed E-state index contributed by atoms with van der Waals surface area (Å²) in [4.78, 5) is 30.3. The number of anilines is 1. The van der Waals surface area contributed by atoms with Gasteiger partial charge in [0.25, 0.3) is 0 Å². The van der Waals surface area contributed by atoms with Gasteiger partial charge in [0.15, 0.2) is 5.82 Å². The molecule has 16 heteroatoms. The highest BCUT2D eigenvalue weighted by Crippen LogP contribution is 2.39. The lowest BCUT2D eigenvalue weighted by Crippen LogP contribution is -2.17. The van der Waals surface area contributed by atoms with E-state index in [2.05, 4.69) is 29.4 Å². The van der Waals surface area contributed by atoms with Crippen LogP contribution < -0.4 is 10.1 Å². The maximum Gasteiger partial charge on any atom is 0.305 e. The first-order valence-corrected chi connectivity index (χ1v) is 18.9. The summed E-state index contributed by atoms with van der Waals surface area (Å²) in [6.45, 7) is 10.2. The standard InChI is InChI=1S/C38H46ClN5O9S/c1-25-26(2)54-38-35(25)36(28-7-9-29(39)10-8-28)41-32(37-43-42-27(3)44(37)38)24-33(45)40-30-5-4-6-31(23-30)53-22-21-52-20-19-51-18-17-50-16-15-49-14-13-48-12-11-34(46)47/h4-10,23,32H,11-22,24H2,1-3H3,(H,40,45)(H,46,47). The number of aryl methyl sites for hydroxylation is 2. The lowest BCUT2D eigenvalue weighted by Gasteiger charge is -2.14. The molecular weight excluding hydrogens is 738 g/mol. The molecule has 2 aromatic carbocycles. The van der Waals surface area contributed by atoms with Crippen LogP contribution in [0, 0.1) is 20.8 Å². The van der Waals surface area contributed by atoms with Crippen LogP contribution in [0.2, 0.25) is 5.02 Å². The highest BCUT2D eigenvalue weighted by atomic mass is 35.5. The van der Waals surface area contributed by atoms with Gasteiger partial charge in [0.1, 0.15) is 29.2 Å². The number of carboxylic acids is 1. The Morgan fingerprint density at radius 2 is 1.44 bits per heavy atom. The number of carboxylic acid groups (broad SMARTS) is 1. The summed E-state index contributed by atoms with van der Waals surface area (Å²) >= 11 is 7.89. The Morgan fingerprint density at radius 1 is 0.833 bits per heavy atom. The predicted octanol–water partition coefficient (Wildman–Crippen LogP) is 5.76. The second-order valence-electron chi connectivity index (χ2n) is 12.2. The van der Waals surface area contributed by atoms with Crippen molar-refractivity contribution < 1.29 is 43.1 Å². The molecule has 0 saturated carbocycles. The molecule has 290 valence electrons. The number of amides is 1. The van der Waals surface area contributed by atoms with E-state index in [0.29, 0.717) is 88.4 Å². The Morgan fingerprint density at radius 3 is 2.07 bits per heavy atom.